The number of aliphatic imine (C=N–C) groups is 1. The van der Waals surface area contributed by atoms with Crippen molar-refractivity contribution in [3.63, 3.8) is 0 Å². The number of nitriles is 2. The van der Waals surface area contributed by atoms with Gasteiger partial charge in [0.25, 0.3) is 15.9 Å². The maximum absolute atomic E-state index is 13.4. The summed E-state index contributed by atoms with van der Waals surface area (Å²) >= 11 is 1.63. The highest BCUT2D eigenvalue weighted by atomic mass is 32.2. The molecule has 1 aliphatic rings. The van der Waals surface area contributed by atoms with Crippen molar-refractivity contribution in [2.75, 3.05) is 11.8 Å². The normalized spacial score (nSPS) is 13.3. The topological polar surface area (TPSA) is 208 Å². The predicted octanol–water partition coefficient (Wildman–Crippen LogP) is 7.64. The molecule has 0 saturated heterocycles. The molecule has 4 heterocycles. The standard InChI is InChI=1S/C45H37N9O5S2/c1-24-6-17-36(42-39(24)34(21-47)23-48-42)53-61(57,58)35-16-15-32(33(18-35)20-46)22-49-44(56)31-13-9-29(10-14-31)28-7-11-30(12-8-28)41-40-25(2)26(3)60-45(40)54-27(4)51-52-43(54)37(50-41)19-38(55)59-5/h6-18,23,37,48,53H,19,22H2,1-5H3,(H,49,56)/t37-/m0/s1. The second-order valence-electron chi connectivity index (χ2n) is 14.5. The Morgan fingerprint density at radius 2 is 1.59 bits per heavy atom. The zero-order valence-corrected chi connectivity index (χ0v) is 35.2. The number of anilines is 1. The minimum absolute atomic E-state index is 0.0105. The van der Waals surface area contributed by atoms with Crippen LogP contribution in [-0.2, 0) is 26.1 Å². The van der Waals surface area contributed by atoms with Gasteiger partial charge < -0.3 is 15.0 Å². The van der Waals surface area contributed by atoms with Crippen molar-refractivity contribution < 1.29 is 22.7 Å². The van der Waals surface area contributed by atoms with E-state index in [1.54, 1.807) is 35.6 Å². The molecule has 1 aliphatic heterocycles. The Kier molecular flexibility index (Phi) is 10.6. The molecule has 3 aromatic heterocycles. The molecule has 1 atom stereocenters. The van der Waals surface area contributed by atoms with Crippen molar-refractivity contribution in [2.24, 2.45) is 4.99 Å². The SMILES string of the molecule is COC(=O)C[C@@H]1N=C(c2ccc(-c3ccc(C(=O)NCc4ccc(S(=O)(=O)Nc5ccc(C)c6c(C#N)c[nH]c56)cc4C#N)cc3)cc2)c2c(sc(C)c2C)-n2c(C)nnc21. The summed E-state index contributed by atoms with van der Waals surface area (Å²) in [6.07, 6.45) is 1.54. The zero-order chi connectivity index (χ0) is 43.2. The number of carbonyl (C=O) groups is 2. The second-order valence-corrected chi connectivity index (χ2v) is 17.4. The summed E-state index contributed by atoms with van der Waals surface area (Å²) in [6.45, 7) is 7.85. The minimum atomic E-state index is -4.12. The van der Waals surface area contributed by atoms with Crippen LogP contribution >= 0.6 is 11.3 Å². The Hall–Kier alpha value is -7.40. The van der Waals surface area contributed by atoms with Gasteiger partial charge in [-0.25, -0.2) is 8.42 Å². The average molecular weight is 848 g/mol. The molecule has 0 fully saturated rings. The molecule has 0 saturated carbocycles. The number of aryl methyl sites for hydroxylation is 3. The molecular weight excluding hydrogens is 811 g/mol. The number of rotatable bonds is 10. The third kappa shape index (κ3) is 7.43. The number of hydrogen-bond donors (Lipinski definition) is 3. The molecule has 7 aromatic rings. The van der Waals surface area contributed by atoms with E-state index in [0.29, 0.717) is 39.2 Å². The van der Waals surface area contributed by atoms with Crippen LogP contribution in [0.1, 0.15) is 78.3 Å². The molecule has 3 N–H and O–H groups in total. The van der Waals surface area contributed by atoms with Gasteiger partial charge in [0.05, 0.1) is 52.5 Å². The van der Waals surface area contributed by atoms with Crippen molar-refractivity contribution in [1.82, 2.24) is 25.1 Å². The van der Waals surface area contributed by atoms with Crippen LogP contribution in [-0.4, -0.2) is 52.9 Å². The number of fused-ring (bicyclic) bond motifs is 4. The Bertz CT molecular complexity index is 3150. The van der Waals surface area contributed by atoms with Crippen LogP contribution in [0.4, 0.5) is 5.69 Å². The molecule has 61 heavy (non-hydrogen) atoms. The fraction of sp³-hybridized carbons (Fsp3) is 0.178. The first-order chi connectivity index (χ1) is 29.3. The number of esters is 1. The smallest absolute Gasteiger partial charge is 0.308 e. The van der Waals surface area contributed by atoms with E-state index in [0.717, 1.165) is 49.0 Å². The van der Waals surface area contributed by atoms with Gasteiger partial charge in [0.1, 0.15) is 22.9 Å². The van der Waals surface area contributed by atoms with Gasteiger partial charge in [0, 0.05) is 39.7 Å². The van der Waals surface area contributed by atoms with E-state index in [1.807, 2.05) is 60.9 Å². The van der Waals surface area contributed by atoms with E-state index in [-0.39, 0.29) is 35.0 Å². The largest absolute Gasteiger partial charge is 0.469 e. The van der Waals surface area contributed by atoms with Gasteiger partial charge >= 0.3 is 5.97 Å². The molecule has 0 spiro atoms. The lowest BCUT2D eigenvalue weighted by molar-refractivity contribution is -0.141. The van der Waals surface area contributed by atoms with Crippen LogP contribution < -0.4 is 10.0 Å². The molecule has 1 amide bonds. The Labute approximate surface area is 355 Å². The molecule has 304 valence electrons. The summed E-state index contributed by atoms with van der Waals surface area (Å²) in [5.74, 6) is 0.517. The van der Waals surface area contributed by atoms with E-state index in [1.165, 1.54) is 31.5 Å². The molecule has 0 radical (unpaired) electrons. The lowest BCUT2D eigenvalue weighted by Gasteiger charge is -2.13. The lowest BCUT2D eigenvalue weighted by atomic mass is 9.96. The number of aromatic nitrogens is 4. The fourth-order valence-corrected chi connectivity index (χ4v) is 9.77. The number of sulfonamides is 1. The van der Waals surface area contributed by atoms with E-state index in [4.69, 9.17) is 9.73 Å². The molecule has 0 unspecified atom stereocenters. The summed E-state index contributed by atoms with van der Waals surface area (Å²) in [4.78, 5) is 34.9. The fourth-order valence-electron chi connectivity index (χ4n) is 7.46. The zero-order valence-electron chi connectivity index (χ0n) is 33.6. The highest BCUT2D eigenvalue weighted by Crippen LogP contribution is 2.40. The molecule has 8 rings (SSSR count). The van der Waals surface area contributed by atoms with Gasteiger partial charge in [-0.1, -0.05) is 48.5 Å². The van der Waals surface area contributed by atoms with Crippen molar-refractivity contribution in [3.05, 3.63) is 146 Å². The summed E-state index contributed by atoms with van der Waals surface area (Å²) in [5, 5.41) is 32.6. The van der Waals surface area contributed by atoms with Crippen molar-refractivity contribution >= 4 is 55.5 Å². The summed E-state index contributed by atoms with van der Waals surface area (Å²) in [7, 11) is -2.77. The average Bonchev–Trinajstić information content (AvgIpc) is 3.94. The molecule has 16 heteroatoms. The van der Waals surface area contributed by atoms with Gasteiger partial charge in [-0.05, 0) is 85.8 Å². The summed E-state index contributed by atoms with van der Waals surface area (Å²) in [5.41, 5.74) is 8.36. The number of benzene rings is 4. The number of hydrogen-bond acceptors (Lipinski definition) is 11. The third-order valence-electron chi connectivity index (χ3n) is 10.8. The predicted molar refractivity (Wildman–Crippen MR) is 231 cm³/mol. The Balaban J connectivity index is 0.971. The number of thiophene rings is 1. The molecule has 0 aliphatic carbocycles. The molecule has 14 nitrogen and oxygen atoms in total. The number of carbonyl (C=O) groups excluding carboxylic acids is 2. The molecule has 0 bridgehead atoms. The van der Waals surface area contributed by atoms with Crippen LogP contribution in [0.5, 0.6) is 0 Å². The lowest BCUT2D eigenvalue weighted by Crippen LogP contribution is -2.23. The van der Waals surface area contributed by atoms with Crippen LogP contribution in [0, 0.1) is 50.4 Å². The number of nitrogens with one attached hydrogen (secondary N) is 3. The van der Waals surface area contributed by atoms with Crippen molar-refractivity contribution in [1.29, 1.82) is 10.5 Å². The van der Waals surface area contributed by atoms with Gasteiger partial charge in [-0.3, -0.25) is 23.9 Å². The van der Waals surface area contributed by atoms with Gasteiger partial charge in [0.15, 0.2) is 5.82 Å². The first kappa shape index (κ1) is 40.4. The molecule has 4 aromatic carbocycles. The van der Waals surface area contributed by atoms with Crippen molar-refractivity contribution in [2.45, 2.75) is 51.6 Å². The van der Waals surface area contributed by atoms with E-state index < -0.39 is 22.0 Å². The summed E-state index contributed by atoms with van der Waals surface area (Å²) < 4.78 is 36.4. The van der Waals surface area contributed by atoms with Gasteiger partial charge in [-0.15, -0.1) is 21.5 Å². The highest BCUT2D eigenvalue weighted by Gasteiger charge is 2.32. The third-order valence-corrected chi connectivity index (χ3v) is 13.4. The van der Waals surface area contributed by atoms with Crippen LogP contribution in [0.3, 0.4) is 0 Å². The van der Waals surface area contributed by atoms with E-state index in [9.17, 15) is 28.5 Å². The van der Waals surface area contributed by atoms with Crippen LogP contribution in [0.15, 0.2) is 94.9 Å². The van der Waals surface area contributed by atoms with E-state index in [2.05, 4.69) is 45.1 Å². The first-order valence-electron chi connectivity index (χ1n) is 19.0. The Morgan fingerprint density at radius 3 is 2.28 bits per heavy atom. The number of aromatic amines is 1. The van der Waals surface area contributed by atoms with E-state index >= 15 is 0 Å². The van der Waals surface area contributed by atoms with Crippen LogP contribution in [0.25, 0.3) is 27.0 Å². The van der Waals surface area contributed by atoms with Gasteiger partial charge in [-0.2, -0.15) is 10.5 Å². The highest BCUT2D eigenvalue weighted by molar-refractivity contribution is 7.92. The monoisotopic (exact) mass is 847 g/mol. The van der Waals surface area contributed by atoms with Crippen molar-refractivity contribution in [3.8, 4) is 28.3 Å². The summed E-state index contributed by atoms with van der Waals surface area (Å²) in [6, 6.07) is 26.1. The van der Waals surface area contributed by atoms with Gasteiger partial charge in [0.2, 0.25) is 0 Å². The second kappa shape index (κ2) is 16.0. The number of H-pyrrole nitrogens is 1. The maximum Gasteiger partial charge on any atom is 0.308 e. The molecular formula is C45H37N9O5S2. The Morgan fingerprint density at radius 1 is 0.902 bits per heavy atom. The number of ether oxygens (including phenoxy) is 1. The number of methoxy groups -OCH3 is 1. The van der Waals surface area contributed by atoms with Crippen LogP contribution in [0.2, 0.25) is 0 Å². The number of amides is 1. The minimum Gasteiger partial charge on any atom is -0.469 e. The number of nitrogens with zero attached hydrogens (tertiary/aromatic N) is 6. The quantitative estimate of drug-likeness (QED) is 0.115. The first-order valence-corrected chi connectivity index (χ1v) is 21.3. The maximum atomic E-state index is 13.4.